The Morgan fingerprint density at radius 1 is 1.64 bits per heavy atom. The van der Waals surface area contributed by atoms with Crippen molar-refractivity contribution < 1.29 is 15.3 Å². The summed E-state index contributed by atoms with van der Waals surface area (Å²) in [6.07, 6.45) is -0.158. The lowest BCUT2D eigenvalue weighted by Crippen LogP contribution is -2.56. The number of ether oxygens (including phenoxy) is 1. The number of quaternary nitrogens is 1. The van der Waals surface area contributed by atoms with E-state index in [0.717, 1.165) is 0 Å². The summed E-state index contributed by atoms with van der Waals surface area (Å²) in [6, 6.07) is 0. The third kappa shape index (κ3) is 5.16. The van der Waals surface area contributed by atoms with E-state index in [0.29, 0.717) is 6.54 Å². The van der Waals surface area contributed by atoms with Crippen LogP contribution in [0.1, 0.15) is 6.92 Å². The first kappa shape index (κ1) is 11.9. The van der Waals surface area contributed by atoms with Gasteiger partial charge in [-0.15, -0.1) is 0 Å². The molecule has 0 radical (unpaired) electrons. The van der Waals surface area contributed by atoms with Gasteiger partial charge >= 0.3 is 5.97 Å². The molecule has 0 aromatic rings. The van der Waals surface area contributed by atoms with Crippen LogP contribution in [0.4, 0.5) is 0 Å². The van der Waals surface area contributed by atoms with Crippen LogP contribution in [0, 0.1) is 0 Å². The molecular weight excluding hydrogens is 346 g/mol. The first-order chi connectivity index (χ1) is 4.88. The molecule has 3 N–H and O–H groups in total. The van der Waals surface area contributed by atoms with E-state index in [1.807, 2.05) is 0 Å². The lowest BCUT2D eigenvalue weighted by molar-refractivity contribution is -0.382. The zero-order chi connectivity index (χ0) is 9.07. The molecular formula is C5H9Br3NO2+. The van der Waals surface area contributed by atoms with E-state index in [-0.39, 0.29) is 6.10 Å². The molecule has 0 aromatic carbocycles. The third-order valence-electron chi connectivity index (χ3n) is 0.946. The Hall–Kier alpha value is 0.870. The van der Waals surface area contributed by atoms with Crippen molar-refractivity contribution in [2.75, 3.05) is 6.54 Å². The molecule has 0 fully saturated rings. The van der Waals surface area contributed by atoms with Crippen molar-refractivity contribution in [2.45, 2.75) is 15.2 Å². The average molecular weight is 355 g/mol. The van der Waals surface area contributed by atoms with E-state index < -0.39 is 8.11 Å². The Morgan fingerprint density at radius 3 is 2.36 bits per heavy atom. The van der Waals surface area contributed by atoms with Gasteiger partial charge < -0.3 is 10.5 Å². The molecule has 0 heterocycles. The first-order valence-corrected chi connectivity index (χ1v) is 5.33. The molecule has 0 aromatic heterocycles. The molecule has 6 heteroatoms. The van der Waals surface area contributed by atoms with Gasteiger partial charge in [-0.3, -0.25) is 0 Å². The third-order valence-corrected chi connectivity index (χ3v) is 1.92. The van der Waals surface area contributed by atoms with Gasteiger partial charge in [-0.1, -0.05) is 0 Å². The maximum atomic E-state index is 11.0. The minimum Gasteiger partial charge on any atom is -0.454 e. The highest BCUT2D eigenvalue weighted by atomic mass is 80.0. The van der Waals surface area contributed by atoms with Crippen molar-refractivity contribution in [2.24, 2.45) is 0 Å². The second-order valence-corrected chi connectivity index (χ2v) is 8.76. The van der Waals surface area contributed by atoms with Crippen molar-refractivity contribution in [1.82, 2.24) is 0 Å². The van der Waals surface area contributed by atoms with Gasteiger partial charge in [-0.25, -0.2) is 4.79 Å². The summed E-state index contributed by atoms with van der Waals surface area (Å²) >= 11 is 9.12. The summed E-state index contributed by atoms with van der Waals surface area (Å²) in [7, 11) is 0. The smallest absolute Gasteiger partial charge is 0.345 e. The molecule has 66 valence electrons. The molecule has 0 amide bonds. The van der Waals surface area contributed by atoms with Crippen LogP contribution in [0.25, 0.3) is 0 Å². The topological polar surface area (TPSA) is 53.9 Å². The van der Waals surface area contributed by atoms with E-state index in [9.17, 15) is 4.79 Å². The molecule has 0 spiro atoms. The lowest BCUT2D eigenvalue weighted by atomic mass is 10.4. The molecule has 0 aliphatic carbocycles. The number of carbonyl (C=O) groups excluding carboxylic acids is 1. The number of halogens is 3. The Kier molecular flexibility index (Phi) is 5.17. The second kappa shape index (κ2) is 4.79. The molecule has 1 atom stereocenters. The van der Waals surface area contributed by atoms with Gasteiger partial charge in [0.15, 0.2) is 0 Å². The fourth-order valence-corrected chi connectivity index (χ4v) is 0.589. The van der Waals surface area contributed by atoms with Crippen LogP contribution in [0.2, 0.25) is 0 Å². The highest BCUT2D eigenvalue weighted by Gasteiger charge is 2.31. The molecule has 1 unspecified atom stereocenters. The van der Waals surface area contributed by atoms with Crippen molar-refractivity contribution in [1.29, 1.82) is 0 Å². The summed E-state index contributed by atoms with van der Waals surface area (Å²) in [6.45, 7) is 2.35. The van der Waals surface area contributed by atoms with Gasteiger partial charge in [-0.2, -0.15) is 0 Å². The molecule has 0 aliphatic rings. The molecule has 3 nitrogen and oxygen atoms in total. The van der Waals surface area contributed by atoms with Gasteiger partial charge in [-0.05, 0) is 54.7 Å². The van der Waals surface area contributed by atoms with Gasteiger partial charge in [0.05, 0.1) is 0 Å². The number of esters is 1. The first-order valence-electron chi connectivity index (χ1n) is 2.95. The standard InChI is InChI=1S/C5H8Br3NO2/c1-3(2-9)11-4(10)5(6,7)8/h3H,2,9H2,1H3/p+1. The zero-order valence-electron chi connectivity index (χ0n) is 5.94. The second-order valence-electron chi connectivity index (χ2n) is 2.00. The van der Waals surface area contributed by atoms with E-state index in [4.69, 9.17) is 4.74 Å². The van der Waals surface area contributed by atoms with E-state index >= 15 is 0 Å². The van der Waals surface area contributed by atoms with Crippen molar-refractivity contribution in [3.8, 4) is 0 Å². The Morgan fingerprint density at radius 2 is 2.09 bits per heavy atom. The maximum absolute atomic E-state index is 11.0. The monoisotopic (exact) mass is 352 g/mol. The van der Waals surface area contributed by atoms with Crippen LogP contribution in [0.5, 0.6) is 0 Å². The number of carbonyl (C=O) groups is 1. The number of hydrogen-bond acceptors (Lipinski definition) is 2. The minimum atomic E-state index is -0.962. The fraction of sp³-hybridized carbons (Fsp3) is 0.800. The molecule has 0 saturated carbocycles. The normalized spacial score (nSPS) is 14.3. The predicted molar refractivity (Wildman–Crippen MR) is 52.8 cm³/mol. The van der Waals surface area contributed by atoms with E-state index in [1.54, 1.807) is 6.92 Å². The number of rotatable bonds is 2. The van der Waals surface area contributed by atoms with Gasteiger partial charge in [0.2, 0.25) is 2.14 Å². The highest BCUT2D eigenvalue weighted by Crippen LogP contribution is 2.34. The average Bonchev–Trinajstić information content (AvgIpc) is 1.85. The summed E-state index contributed by atoms with van der Waals surface area (Å²) < 4.78 is 3.96. The van der Waals surface area contributed by atoms with Crippen molar-refractivity contribution in [3.63, 3.8) is 0 Å². The van der Waals surface area contributed by atoms with Crippen LogP contribution < -0.4 is 5.73 Å². The van der Waals surface area contributed by atoms with E-state index in [2.05, 4.69) is 53.5 Å². The summed E-state index contributed by atoms with van der Waals surface area (Å²) in [5.41, 5.74) is 3.60. The fourth-order valence-electron chi connectivity index (χ4n) is 0.308. The maximum Gasteiger partial charge on any atom is 0.345 e. The largest absolute Gasteiger partial charge is 0.454 e. The molecule has 0 bridgehead atoms. The van der Waals surface area contributed by atoms with Crippen LogP contribution in [-0.4, -0.2) is 20.8 Å². The lowest BCUT2D eigenvalue weighted by Gasteiger charge is -2.14. The molecule has 0 saturated heterocycles. The van der Waals surface area contributed by atoms with Gasteiger partial charge in [0.25, 0.3) is 0 Å². The minimum absolute atomic E-state index is 0.158. The van der Waals surface area contributed by atoms with Crippen LogP contribution >= 0.6 is 47.8 Å². The van der Waals surface area contributed by atoms with E-state index in [1.165, 1.54) is 0 Å². The Balaban J connectivity index is 3.88. The molecule has 11 heavy (non-hydrogen) atoms. The van der Waals surface area contributed by atoms with Crippen LogP contribution in [0.3, 0.4) is 0 Å². The van der Waals surface area contributed by atoms with Gasteiger partial charge in [0, 0.05) is 0 Å². The van der Waals surface area contributed by atoms with Crippen LogP contribution in [-0.2, 0) is 9.53 Å². The van der Waals surface area contributed by atoms with Crippen LogP contribution in [0.15, 0.2) is 0 Å². The number of hydrogen-bond donors (Lipinski definition) is 1. The Bertz CT molecular complexity index is 145. The quantitative estimate of drug-likeness (QED) is 0.594. The Labute approximate surface area is 90.4 Å². The van der Waals surface area contributed by atoms with Gasteiger partial charge in [0.1, 0.15) is 12.6 Å². The highest BCUT2D eigenvalue weighted by molar-refractivity contribution is 9.40. The van der Waals surface area contributed by atoms with Crippen molar-refractivity contribution in [3.05, 3.63) is 0 Å². The SMILES string of the molecule is CC(C[NH3+])OC(=O)C(Br)(Br)Br. The summed E-state index contributed by atoms with van der Waals surface area (Å²) in [5, 5.41) is 0. The zero-order valence-corrected chi connectivity index (χ0v) is 10.7. The van der Waals surface area contributed by atoms with Crippen molar-refractivity contribution >= 4 is 53.8 Å². The predicted octanol–water partition coefficient (Wildman–Crippen LogP) is 0.998. The summed E-state index contributed by atoms with van der Waals surface area (Å²) in [4.78, 5) is 11.0. The summed E-state index contributed by atoms with van der Waals surface area (Å²) in [5.74, 6) is -0.409. The number of alkyl halides is 3. The molecule has 0 aliphatic heterocycles. The molecule has 0 rings (SSSR count).